The normalized spacial score (nSPS) is 16.1. The Bertz CT molecular complexity index is 1390. The Kier molecular flexibility index (Phi) is 6.53. The minimum Gasteiger partial charge on any atom is -0.280 e. The number of nitrogens with zero attached hydrogens (tertiary/aromatic N) is 4. The largest absolute Gasteiger partial charge is 0.282 e. The van der Waals surface area contributed by atoms with E-state index in [4.69, 9.17) is 11.6 Å². The van der Waals surface area contributed by atoms with Crippen LogP contribution in [0.25, 0.3) is 0 Å². The predicted molar refractivity (Wildman–Crippen MR) is 128 cm³/mol. The van der Waals surface area contributed by atoms with Crippen molar-refractivity contribution in [3.8, 4) is 0 Å². The molecule has 0 saturated carbocycles. The number of benzene rings is 3. The second-order valence-corrected chi connectivity index (χ2v) is 9.41. The van der Waals surface area contributed by atoms with Crippen molar-refractivity contribution in [2.24, 2.45) is 15.3 Å². The quantitative estimate of drug-likeness (QED) is 0.395. The lowest BCUT2D eigenvalue weighted by Crippen LogP contribution is -2.34. The van der Waals surface area contributed by atoms with Crippen molar-refractivity contribution < 1.29 is 18.0 Å². The number of carbonyl (C=O) groups is 2. The van der Waals surface area contributed by atoms with Gasteiger partial charge >= 0.3 is 0 Å². The van der Waals surface area contributed by atoms with Crippen LogP contribution in [0.2, 0.25) is 5.02 Å². The van der Waals surface area contributed by atoms with E-state index in [1.807, 2.05) is 0 Å². The van der Waals surface area contributed by atoms with E-state index in [2.05, 4.69) is 20.1 Å². The van der Waals surface area contributed by atoms with Gasteiger partial charge in [0.2, 0.25) is 0 Å². The van der Waals surface area contributed by atoms with Crippen molar-refractivity contribution in [3.05, 3.63) is 89.4 Å². The van der Waals surface area contributed by atoms with E-state index in [0.717, 1.165) is 5.01 Å². The number of amides is 2. The van der Waals surface area contributed by atoms with Gasteiger partial charge in [0.05, 0.1) is 16.3 Å². The summed E-state index contributed by atoms with van der Waals surface area (Å²) in [4.78, 5) is 25.4. The van der Waals surface area contributed by atoms with E-state index in [-0.39, 0.29) is 10.5 Å². The summed E-state index contributed by atoms with van der Waals surface area (Å²) in [6, 6.07) is 19.2. The van der Waals surface area contributed by atoms with E-state index < -0.39 is 27.9 Å². The lowest BCUT2D eigenvalue weighted by molar-refractivity contribution is -0.127. The molecule has 0 fully saturated rings. The zero-order valence-electron chi connectivity index (χ0n) is 17.8. The molecule has 0 radical (unpaired) electrons. The van der Waals surface area contributed by atoms with Crippen LogP contribution in [0.4, 0.5) is 11.4 Å². The fourth-order valence-electron chi connectivity index (χ4n) is 3.09. The molecule has 9 nitrogen and oxygen atoms in total. The fraction of sp³-hybridized carbons (Fsp3) is 0.0870. The van der Waals surface area contributed by atoms with Gasteiger partial charge in [-0.15, -0.1) is 0 Å². The summed E-state index contributed by atoms with van der Waals surface area (Å²) in [5.41, 5.74) is 1.34. The van der Waals surface area contributed by atoms with Crippen LogP contribution in [0.15, 0.2) is 99.1 Å². The second kappa shape index (κ2) is 9.54. The van der Waals surface area contributed by atoms with Crippen molar-refractivity contribution in [2.75, 3.05) is 4.72 Å². The number of imide groups is 1. The first-order valence-corrected chi connectivity index (χ1v) is 11.9. The maximum absolute atomic E-state index is 12.7. The highest BCUT2D eigenvalue weighted by molar-refractivity contribution is 7.92. The number of rotatable bonds is 6. The third kappa shape index (κ3) is 5.03. The summed E-state index contributed by atoms with van der Waals surface area (Å²) in [6.07, 6.45) is 0. The molecule has 0 aromatic heterocycles. The van der Waals surface area contributed by atoms with Gasteiger partial charge in [-0.05, 0) is 67.6 Å². The van der Waals surface area contributed by atoms with Gasteiger partial charge in [-0.25, -0.2) is 8.42 Å². The maximum atomic E-state index is 12.7. The molecule has 0 spiro atoms. The van der Waals surface area contributed by atoms with Crippen molar-refractivity contribution in [2.45, 2.75) is 17.9 Å². The first kappa shape index (κ1) is 23.3. The number of carbonyl (C=O) groups excluding carboxylic acids is 2. The van der Waals surface area contributed by atoms with Crippen LogP contribution in [0.1, 0.15) is 17.3 Å². The Morgan fingerprint density at radius 1 is 1.00 bits per heavy atom. The van der Waals surface area contributed by atoms with Gasteiger partial charge in [0, 0.05) is 16.3 Å². The van der Waals surface area contributed by atoms with Crippen molar-refractivity contribution >= 4 is 50.5 Å². The summed E-state index contributed by atoms with van der Waals surface area (Å²) < 4.78 is 27.5. The lowest BCUT2D eigenvalue weighted by atomic mass is 10.2. The molecule has 11 heteroatoms. The molecular weight excluding hydrogens is 478 g/mol. The lowest BCUT2D eigenvalue weighted by Gasteiger charge is -2.10. The van der Waals surface area contributed by atoms with Gasteiger partial charge in [-0.1, -0.05) is 29.8 Å². The van der Waals surface area contributed by atoms with E-state index in [9.17, 15) is 18.0 Å². The van der Waals surface area contributed by atoms with Crippen LogP contribution in [-0.4, -0.2) is 37.0 Å². The van der Waals surface area contributed by atoms with Crippen LogP contribution in [-0.2, 0) is 14.8 Å². The fourth-order valence-corrected chi connectivity index (χ4v) is 4.27. The Labute approximate surface area is 200 Å². The average molecular weight is 496 g/mol. The van der Waals surface area contributed by atoms with Gasteiger partial charge in [0.25, 0.3) is 21.8 Å². The average Bonchev–Trinajstić information content (AvgIpc) is 3.11. The number of anilines is 1. The standard InChI is InChI=1S/C23H18ClN5O4S/c1-15-21(23(31)29(27-15)22(30)16-7-9-17(24)10-8-16)26-25-18-11-13-20(14-12-18)34(32,33)28-19-5-3-2-4-6-19/h2-14,21,28H,1H3/b26-25+. The summed E-state index contributed by atoms with van der Waals surface area (Å²) in [5, 5.41) is 13.3. The molecule has 0 bridgehead atoms. The predicted octanol–water partition coefficient (Wildman–Crippen LogP) is 4.65. The molecule has 1 N–H and O–H groups in total. The van der Waals surface area contributed by atoms with Crippen molar-refractivity contribution in [1.82, 2.24) is 5.01 Å². The molecule has 4 rings (SSSR count). The van der Waals surface area contributed by atoms with E-state index in [1.54, 1.807) is 49.4 Å². The minimum atomic E-state index is -3.77. The highest BCUT2D eigenvalue weighted by Crippen LogP contribution is 2.22. The molecule has 2 amide bonds. The van der Waals surface area contributed by atoms with Gasteiger partial charge in [0.1, 0.15) is 0 Å². The second-order valence-electron chi connectivity index (χ2n) is 7.29. The Hall–Kier alpha value is -3.89. The molecule has 34 heavy (non-hydrogen) atoms. The molecule has 0 saturated heterocycles. The number of sulfonamides is 1. The van der Waals surface area contributed by atoms with E-state index in [0.29, 0.717) is 22.1 Å². The Morgan fingerprint density at radius 3 is 2.29 bits per heavy atom. The zero-order valence-corrected chi connectivity index (χ0v) is 19.4. The number of azo groups is 1. The molecule has 3 aromatic rings. The minimum absolute atomic E-state index is 0.0460. The summed E-state index contributed by atoms with van der Waals surface area (Å²) in [5.74, 6) is -1.23. The zero-order chi connectivity index (χ0) is 24.3. The first-order chi connectivity index (χ1) is 16.2. The molecule has 0 aliphatic carbocycles. The third-order valence-electron chi connectivity index (χ3n) is 4.84. The van der Waals surface area contributed by atoms with Crippen LogP contribution >= 0.6 is 11.6 Å². The van der Waals surface area contributed by atoms with Crippen molar-refractivity contribution in [1.29, 1.82) is 0 Å². The summed E-state index contributed by atoms with van der Waals surface area (Å²) in [7, 11) is -3.77. The van der Waals surface area contributed by atoms with Gasteiger partial charge in [-0.2, -0.15) is 20.3 Å². The first-order valence-electron chi connectivity index (χ1n) is 10.0. The van der Waals surface area contributed by atoms with Crippen LogP contribution in [0.5, 0.6) is 0 Å². The molecular formula is C23H18ClN5O4S. The Morgan fingerprint density at radius 2 is 1.65 bits per heavy atom. The van der Waals surface area contributed by atoms with Gasteiger partial charge in [0.15, 0.2) is 6.04 Å². The van der Waals surface area contributed by atoms with E-state index in [1.165, 1.54) is 36.4 Å². The highest BCUT2D eigenvalue weighted by atomic mass is 35.5. The number of hydrogen-bond donors (Lipinski definition) is 1. The monoisotopic (exact) mass is 495 g/mol. The number of para-hydroxylation sites is 1. The van der Waals surface area contributed by atoms with Crippen molar-refractivity contribution in [3.63, 3.8) is 0 Å². The molecule has 1 aliphatic heterocycles. The van der Waals surface area contributed by atoms with E-state index >= 15 is 0 Å². The molecule has 1 aliphatic rings. The molecule has 1 atom stereocenters. The molecule has 3 aromatic carbocycles. The molecule has 1 unspecified atom stereocenters. The smallest absolute Gasteiger partial charge is 0.280 e. The summed E-state index contributed by atoms with van der Waals surface area (Å²) >= 11 is 5.84. The third-order valence-corrected chi connectivity index (χ3v) is 6.49. The van der Waals surface area contributed by atoms with Crippen LogP contribution in [0, 0.1) is 0 Å². The van der Waals surface area contributed by atoms with Crippen LogP contribution < -0.4 is 4.72 Å². The Balaban J connectivity index is 1.45. The van der Waals surface area contributed by atoms with Gasteiger partial charge in [-0.3, -0.25) is 14.3 Å². The number of hydrogen-bond acceptors (Lipinski definition) is 7. The highest BCUT2D eigenvalue weighted by Gasteiger charge is 2.38. The maximum Gasteiger partial charge on any atom is 0.282 e. The summed E-state index contributed by atoms with van der Waals surface area (Å²) in [6.45, 7) is 1.57. The SMILES string of the molecule is CC1=NN(C(=O)c2ccc(Cl)cc2)C(=O)C1/N=N/c1ccc(S(=O)(=O)Nc2ccccc2)cc1. The van der Waals surface area contributed by atoms with Gasteiger partial charge < -0.3 is 0 Å². The number of nitrogens with one attached hydrogen (secondary N) is 1. The van der Waals surface area contributed by atoms with Crippen LogP contribution in [0.3, 0.4) is 0 Å². The topological polar surface area (TPSA) is 121 Å². The molecule has 172 valence electrons. The number of halogens is 1. The number of hydrazone groups is 1. The molecule has 1 heterocycles.